The number of unbranched alkanes of at least 4 members (excludes halogenated alkanes) is 1. The number of anilines is 1. The molecule has 0 heterocycles. The third-order valence-corrected chi connectivity index (χ3v) is 3.30. The summed E-state index contributed by atoms with van der Waals surface area (Å²) in [5.41, 5.74) is 0.411. The van der Waals surface area contributed by atoms with Crippen LogP contribution in [-0.4, -0.2) is 58.4 Å². The quantitative estimate of drug-likeness (QED) is 0.297. The van der Waals surface area contributed by atoms with Gasteiger partial charge in [0.2, 0.25) is 5.91 Å². The van der Waals surface area contributed by atoms with E-state index in [4.69, 9.17) is 9.47 Å². The van der Waals surface area contributed by atoms with E-state index in [1.807, 2.05) is 0 Å². The smallest absolute Gasteiger partial charge is 0.243 e. The number of guanidine groups is 1. The molecule has 0 fully saturated rings. The fourth-order valence-electron chi connectivity index (χ4n) is 1.97. The standard InChI is InChI=1S/C18H29FN4O3/c1-3-4-9-25-11-12-26-10-8-21-18(20-2)22-14-17(24)23-16-7-5-6-15(19)13-16/h5-7,13H,3-4,8-12,14H2,1-2H3,(H,23,24)(H2,20,21,22). The molecule has 7 nitrogen and oxygen atoms in total. The van der Waals surface area contributed by atoms with E-state index in [0.29, 0.717) is 38.0 Å². The Bertz CT molecular complexity index is 555. The summed E-state index contributed by atoms with van der Waals surface area (Å²) >= 11 is 0. The first-order valence-electron chi connectivity index (χ1n) is 8.81. The molecule has 0 unspecified atom stereocenters. The number of benzene rings is 1. The molecular weight excluding hydrogens is 339 g/mol. The Morgan fingerprint density at radius 2 is 1.92 bits per heavy atom. The number of amides is 1. The Morgan fingerprint density at radius 3 is 2.62 bits per heavy atom. The van der Waals surface area contributed by atoms with Gasteiger partial charge in [-0.3, -0.25) is 9.79 Å². The molecule has 0 saturated carbocycles. The molecule has 0 atom stereocenters. The van der Waals surface area contributed by atoms with Crippen molar-refractivity contribution in [3.8, 4) is 0 Å². The van der Waals surface area contributed by atoms with Gasteiger partial charge in [-0.2, -0.15) is 0 Å². The summed E-state index contributed by atoms with van der Waals surface area (Å²) in [6.45, 7) is 5.11. The fourth-order valence-corrected chi connectivity index (χ4v) is 1.97. The van der Waals surface area contributed by atoms with Crippen LogP contribution in [-0.2, 0) is 14.3 Å². The zero-order chi connectivity index (χ0) is 19.0. The lowest BCUT2D eigenvalue weighted by atomic mass is 10.3. The third kappa shape index (κ3) is 10.6. The fraction of sp³-hybridized carbons (Fsp3) is 0.556. The van der Waals surface area contributed by atoms with Crippen LogP contribution in [0.1, 0.15) is 19.8 Å². The van der Waals surface area contributed by atoms with Crippen LogP contribution in [0.2, 0.25) is 0 Å². The second kappa shape index (κ2) is 14.0. The molecule has 0 spiro atoms. The average Bonchev–Trinajstić information content (AvgIpc) is 2.62. The minimum atomic E-state index is -0.399. The van der Waals surface area contributed by atoms with Crippen molar-refractivity contribution < 1.29 is 18.7 Å². The minimum Gasteiger partial charge on any atom is -0.379 e. The third-order valence-electron chi connectivity index (χ3n) is 3.30. The Balaban J connectivity index is 2.10. The monoisotopic (exact) mass is 368 g/mol. The number of ether oxygens (including phenoxy) is 2. The first kappa shape index (κ1) is 21.9. The molecule has 0 aliphatic carbocycles. The lowest BCUT2D eigenvalue weighted by Crippen LogP contribution is -2.42. The second-order valence-electron chi connectivity index (χ2n) is 5.49. The van der Waals surface area contributed by atoms with Gasteiger partial charge in [0, 0.05) is 25.9 Å². The Morgan fingerprint density at radius 1 is 1.15 bits per heavy atom. The number of halogens is 1. The van der Waals surface area contributed by atoms with Crippen molar-refractivity contribution in [1.82, 2.24) is 10.6 Å². The van der Waals surface area contributed by atoms with Crippen LogP contribution in [0.3, 0.4) is 0 Å². The van der Waals surface area contributed by atoms with Crippen LogP contribution in [0.4, 0.5) is 10.1 Å². The summed E-state index contributed by atoms with van der Waals surface area (Å²) in [5, 5.41) is 8.53. The average molecular weight is 368 g/mol. The molecule has 0 saturated heterocycles. The molecule has 146 valence electrons. The lowest BCUT2D eigenvalue weighted by molar-refractivity contribution is -0.115. The van der Waals surface area contributed by atoms with E-state index in [0.717, 1.165) is 19.4 Å². The summed E-state index contributed by atoms with van der Waals surface area (Å²) in [6, 6.07) is 5.73. The second-order valence-corrected chi connectivity index (χ2v) is 5.49. The van der Waals surface area contributed by atoms with Crippen molar-refractivity contribution >= 4 is 17.6 Å². The predicted octanol–water partition coefficient (Wildman–Crippen LogP) is 1.76. The molecule has 1 aromatic carbocycles. The van der Waals surface area contributed by atoms with Crippen molar-refractivity contribution in [2.24, 2.45) is 4.99 Å². The Hall–Kier alpha value is -2.19. The number of carbonyl (C=O) groups excluding carboxylic acids is 1. The predicted molar refractivity (Wildman–Crippen MR) is 101 cm³/mol. The lowest BCUT2D eigenvalue weighted by Gasteiger charge is -2.12. The van der Waals surface area contributed by atoms with E-state index in [1.165, 1.54) is 18.2 Å². The maximum Gasteiger partial charge on any atom is 0.243 e. The number of rotatable bonds is 12. The van der Waals surface area contributed by atoms with E-state index in [-0.39, 0.29) is 12.5 Å². The zero-order valence-corrected chi connectivity index (χ0v) is 15.5. The van der Waals surface area contributed by atoms with E-state index in [1.54, 1.807) is 13.1 Å². The highest BCUT2D eigenvalue weighted by Gasteiger charge is 2.04. The summed E-state index contributed by atoms with van der Waals surface area (Å²) in [4.78, 5) is 15.9. The summed E-state index contributed by atoms with van der Waals surface area (Å²) < 4.78 is 23.9. The number of nitrogens with one attached hydrogen (secondary N) is 3. The van der Waals surface area contributed by atoms with E-state index >= 15 is 0 Å². The molecule has 1 rings (SSSR count). The zero-order valence-electron chi connectivity index (χ0n) is 15.5. The molecule has 26 heavy (non-hydrogen) atoms. The van der Waals surface area contributed by atoms with Crippen molar-refractivity contribution in [1.29, 1.82) is 0 Å². The van der Waals surface area contributed by atoms with E-state index in [2.05, 4.69) is 27.9 Å². The molecule has 0 aliphatic rings. The van der Waals surface area contributed by atoms with Crippen molar-refractivity contribution in [3.05, 3.63) is 30.1 Å². The Labute approximate surface area is 154 Å². The van der Waals surface area contributed by atoms with Gasteiger partial charge in [-0.25, -0.2) is 4.39 Å². The van der Waals surface area contributed by atoms with Gasteiger partial charge in [0.25, 0.3) is 0 Å². The van der Waals surface area contributed by atoms with Crippen molar-refractivity contribution in [2.45, 2.75) is 19.8 Å². The Kier molecular flexibility index (Phi) is 11.8. The maximum atomic E-state index is 13.1. The summed E-state index contributed by atoms with van der Waals surface area (Å²) in [7, 11) is 1.61. The molecule has 0 bridgehead atoms. The first-order chi connectivity index (χ1) is 12.7. The summed E-state index contributed by atoms with van der Waals surface area (Å²) in [6.07, 6.45) is 2.19. The van der Waals surface area contributed by atoms with Crippen LogP contribution in [0.5, 0.6) is 0 Å². The van der Waals surface area contributed by atoms with Gasteiger partial charge in [-0.1, -0.05) is 19.4 Å². The minimum absolute atomic E-state index is 0.0162. The van der Waals surface area contributed by atoms with E-state index in [9.17, 15) is 9.18 Å². The van der Waals surface area contributed by atoms with Gasteiger partial charge >= 0.3 is 0 Å². The number of hydrogen-bond donors (Lipinski definition) is 3. The van der Waals surface area contributed by atoms with Crippen LogP contribution in [0, 0.1) is 5.82 Å². The van der Waals surface area contributed by atoms with Crippen LogP contribution < -0.4 is 16.0 Å². The molecule has 1 aromatic rings. The highest BCUT2D eigenvalue weighted by molar-refractivity contribution is 5.94. The molecule has 1 amide bonds. The van der Waals surface area contributed by atoms with Gasteiger partial charge in [0.1, 0.15) is 5.82 Å². The number of carbonyl (C=O) groups is 1. The molecule has 0 aromatic heterocycles. The maximum absolute atomic E-state index is 13.1. The van der Waals surface area contributed by atoms with Gasteiger partial charge in [0.05, 0.1) is 26.4 Å². The van der Waals surface area contributed by atoms with Gasteiger partial charge in [-0.15, -0.1) is 0 Å². The topological polar surface area (TPSA) is 84.0 Å². The van der Waals surface area contributed by atoms with Gasteiger partial charge in [-0.05, 0) is 24.6 Å². The molecule has 0 radical (unpaired) electrons. The van der Waals surface area contributed by atoms with Crippen LogP contribution in [0.25, 0.3) is 0 Å². The van der Waals surface area contributed by atoms with Crippen LogP contribution in [0.15, 0.2) is 29.3 Å². The molecule has 3 N–H and O–H groups in total. The molecule has 0 aliphatic heterocycles. The SMILES string of the molecule is CCCCOCCOCCNC(=NC)NCC(=O)Nc1cccc(F)c1. The highest BCUT2D eigenvalue weighted by atomic mass is 19.1. The van der Waals surface area contributed by atoms with Crippen molar-refractivity contribution in [3.63, 3.8) is 0 Å². The molecule has 8 heteroatoms. The summed E-state index contributed by atoms with van der Waals surface area (Å²) in [5.74, 6) is -0.204. The molecular formula is C18H29FN4O3. The van der Waals surface area contributed by atoms with Gasteiger partial charge in [0.15, 0.2) is 5.96 Å². The largest absolute Gasteiger partial charge is 0.379 e. The normalized spacial score (nSPS) is 11.3. The van der Waals surface area contributed by atoms with Gasteiger partial charge < -0.3 is 25.4 Å². The van der Waals surface area contributed by atoms with Crippen molar-refractivity contribution in [2.75, 3.05) is 51.9 Å². The van der Waals surface area contributed by atoms with Crippen LogP contribution >= 0.6 is 0 Å². The first-order valence-corrected chi connectivity index (χ1v) is 8.81. The van der Waals surface area contributed by atoms with E-state index < -0.39 is 5.82 Å². The number of aliphatic imine (C=N–C) groups is 1. The highest BCUT2D eigenvalue weighted by Crippen LogP contribution is 2.08. The number of nitrogens with zero attached hydrogens (tertiary/aromatic N) is 1. The number of hydrogen-bond acceptors (Lipinski definition) is 4.